The van der Waals surface area contributed by atoms with Crippen LogP contribution in [0.25, 0.3) is 56.3 Å². The second kappa shape index (κ2) is 15.6. The summed E-state index contributed by atoms with van der Waals surface area (Å²) in [5, 5.41) is 2.63. The maximum atomic E-state index is 2.79. The average molecular weight is 901 g/mol. The normalized spacial score (nSPS) is 16.6. The van der Waals surface area contributed by atoms with Gasteiger partial charge in [-0.1, -0.05) is 0 Å². The molecule has 0 bridgehead atoms. The molecule has 0 nitrogen and oxygen atoms in total. The van der Waals surface area contributed by atoms with Gasteiger partial charge in [0.2, 0.25) is 0 Å². The molecule has 0 aliphatic heterocycles. The first kappa shape index (κ1) is 44.3. The molecule has 300 valence electrons. The van der Waals surface area contributed by atoms with Crippen LogP contribution in [0.4, 0.5) is 0 Å². The van der Waals surface area contributed by atoms with Crippen molar-refractivity contribution >= 4 is 54.6 Å². The van der Waals surface area contributed by atoms with Crippen LogP contribution in [0.1, 0.15) is 103 Å². The van der Waals surface area contributed by atoms with Crippen molar-refractivity contribution in [1.82, 2.24) is 0 Å². The fourth-order valence-electron chi connectivity index (χ4n) is 10.5. The van der Waals surface area contributed by atoms with E-state index in [2.05, 4.69) is 212 Å². The summed E-state index contributed by atoms with van der Waals surface area (Å²) in [6, 6.07) is 46.8. The van der Waals surface area contributed by atoms with E-state index in [1.807, 2.05) is 0 Å². The molecule has 2 aliphatic carbocycles. The van der Waals surface area contributed by atoms with Gasteiger partial charge in [0, 0.05) is 0 Å². The first-order valence-electron chi connectivity index (χ1n) is 20.8. The van der Waals surface area contributed by atoms with Gasteiger partial charge in [0.15, 0.2) is 0 Å². The second-order valence-corrected chi connectivity index (χ2v) is 51.0. The number of benzene rings is 6. The van der Waals surface area contributed by atoms with Gasteiger partial charge in [-0.3, -0.25) is 0 Å². The van der Waals surface area contributed by atoms with Crippen LogP contribution in [0.2, 0.25) is 9.26 Å². The predicted molar refractivity (Wildman–Crippen MR) is 261 cm³/mol. The zero-order chi connectivity index (χ0) is 40.0. The summed E-state index contributed by atoms with van der Waals surface area (Å²) < 4.78 is 6.45. The Balaban J connectivity index is 0.00000283. The van der Waals surface area contributed by atoms with E-state index in [4.69, 9.17) is 0 Å². The SMILES string of the molecule is CC1=Cc2c(-c3ccc(C(C)(C)C)cc3)cc(-c3ccc(C(C)(C)C)cc3)cc2[CH]1[Zr]([CH3])([CH3])(=[SiH2])[CH]1C(C(C)C)=Cc2c(-c3cccc4ccccc34)cccc21.Cl.Cl. The van der Waals surface area contributed by atoms with E-state index in [-0.39, 0.29) is 35.6 Å². The summed E-state index contributed by atoms with van der Waals surface area (Å²) in [7, 11) is 0. The van der Waals surface area contributed by atoms with Gasteiger partial charge < -0.3 is 0 Å². The largest absolute Gasteiger partial charge is 0.147 e. The number of allylic oxidation sites excluding steroid dienone is 2. The molecule has 58 heavy (non-hydrogen) atoms. The Hall–Kier alpha value is -3.26. The number of halogens is 2. The second-order valence-electron chi connectivity index (χ2n) is 20.5. The molecule has 2 aliphatic rings. The quantitative estimate of drug-likeness (QED) is 0.146. The Morgan fingerprint density at radius 3 is 1.67 bits per heavy atom. The van der Waals surface area contributed by atoms with Gasteiger partial charge in [0.1, 0.15) is 0 Å². The molecular weight excluding hydrogens is 839 g/mol. The summed E-state index contributed by atoms with van der Waals surface area (Å²) in [6.45, 7) is 23.6. The molecule has 0 fully saturated rings. The van der Waals surface area contributed by atoms with Crippen LogP contribution in [0.5, 0.6) is 0 Å². The van der Waals surface area contributed by atoms with E-state index in [0.29, 0.717) is 13.2 Å². The molecule has 2 atom stereocenters. The molecule has 0 N–H and O–H groups in total. The summed E-state index contributed by atoms with van der Waals surface area (Å²) >= 11 is -3.90. The number of hydrogen-bond acceptors (Lipinski definition) is 0. The molecule has 6 aromatic carbocycles. The molecule has 0 spiro atoms. The molecule has 0 heterocycles. The van der Waals surface area contributed by atoms with E-state index in [1.54, 1.807) is 22.3 Å². The smallest absolute Gasteiger partial charge is 0.147 e. The minimum Gasteiger partial charge on any atom is -0.147 e. The number of hydrogen-bond donors (Lipinski definition) is 0. The fourth-order valence-corrected chi connectivity index (χ4v) is 31.0. The molecule has 0 saturated carbocycles. The zero-order valence-corrected chi connectivity index (χ0v) is 42.0. The van der Waals surface area contributed by atoms with Gasteiger partial charge in [-0.2, -0.15) is 0 Å². The molecule has 0 saturated heterocycles. The number of fused-ring (bicyclic) bond motifs is 3. The monoisotopic (exact) mass is 898 g/mol. The van der Waals surface area contributed by atoms with Crippen LogP contribution < -0.4 is 0 Å². The van der Waals surface area contributed by atoms with Crippen LogP contribution in [-0.2, 0) is 28.2 Å². The van der Waals surface area contributed by atoms with Crippen LogP contribution >= 0.6 is 24.8 Å². The van der Waals surface area contributed by atoms with Crippen molar-refractivity contribution in [2.75, 3.05) is 0 Å². The van der Waals surface area contributed by atoms with Gasteiger partial charge >= 0.3 is 342 Å². The third kappa shape index (κ3) is 7.66. The van der Waals surface area contributed by atoms with Crippen molar-refractivity contribution < 1.29 is 17.4 Å². The standard InChI is InChI=1S/C30H33.C22H19.2CH3.2ClH.H2Si.Zr/c1-20-16-24-18-23(21-8-12-25(13-9-21)29(2,3)4)19-28(27(24)17-20)22-10-14-26(15-11-22)30(5,6)7;1-15(2)18-13-17-9-6-12-21(22(17)14-18)20-11-5-8-16-7-3-4-10-19(16)20;;;;;;/h8-19H,1-7H3;3-15H,1-2H3;2*1H3;2*1H;1H2;. The maximum Gasteiger partial charge on any atom is -0.147 e. The Kier molecular flexibility index (Phi) is 12.0. The molecule has 6 aromatic rings. The summed E-state index contributed by atoms with van der Waals surface area (Å²) in [5.41, 5.74) is 20.1. The summed E-state index contributed by atoms with van der Waals surface area (Å²) in [6.07, 6.45) is 5.20. The molecule has 2 unspecified atom stereocenters. The molecule has 0 aromatic heterocycles. The van der Waals surface area contributed by atoms with Gasteiger partial charge in [-0.15, -0.1) is 24.8 Å². The van der Waals surface area contributed by atoms with E-state index in [1.165, 1.54) is 66.4 Å². The summed E-state index contributed by atoms with van der Waals surface area (Å²) in [4.78, 5) is 0. The third-order valence-electron chi connectivity index (χ3n) is 13.2. The van der Waals surface area contributed by atoms with Crippen molar-refractivity contribution in [3.63, 3.8) is 0 Å². The van der Waals surface area contributed by atoms with Crippen LogP contribution in [0, 0.1) is 5.92 Å². The van der Waals surface area contributed by atoms with Crippen molar-refractivity contribution in [3.05, 3.63) is 166 Å². The Morgan fingerprint density at radius 2 is 1.07 bits per heavy atom. The molecule has 8 rings (SSSR count). The molecule has 0 amide bonds. The minimum absolute atomic E-state index is 0. The maximum absolute atomic E-state index is 3.90. The van der Waals surface area contributed by atoms with Crippen LogP contribution in [0.3, 0.4) is 0 Å². The van der Waals surface area contributed by atoms with Gasteiger partial charge in [-0.05, 0) is 0 Å². The Labute approximate surface area is 364 Å². The van der Waals surface area contributed by atoms with E-state index in [9.17, 15) is 0 Å². The third-order valence-corrected chi connectivity index (χ3v) is 30.9. The summed E-state index contributed by atoms with van der Waals surface area (Å²) in [5.74, 6) is 0.458. The van der Waals surface area contributed by atoms with E-state index >= 15 is 0 Å². The first-order chi connectivity index (χ1) is 26.3. The van der Waals surface area contributed by atoms with Gasteiger partial charge in [-0.25, -0.2) is 0 Å². The topological polar surface area (TPSA) is 0 Å². The van der Waals surface area contributed by atoms with Gasteiger partial charge in [0.05, 0.1) is 0 Å². The number of rotatable bonds is 6. The van der Waals surface area contributed by atoms with E-state index < -0.39 is 17.4 Å². The molecule has 4 heteroatoms. The van der Waals surface area contributed by atoms with E-state index in [0.717, 1.165) is 0 Å². The predicted octanol–water partition coefficient (Wildman–Crippen LogP) is 15.9. The van der Waals surface area contributed by atoms with Crippen LogP contribution in [0.15, 0.2) is 132 Å². The molecule has 0 radical (unpaired) electrons. The van der Waals surface area contributed by atoms with Crippen molar-refractivity contribution in [3.8, 4) is 33.4 Å². The van der Waals surface area contributed by atoms with Crippen LogP contribution in [-0.4, -0.2) is 6.88 Å². The molecular formula is C54H62Cl2SiZr. The van der Waals surface area contributed by atoms with Gasteiger partial charge in [0.25, 0.3) is 0 Å². The van der Waals surface area contributed by atoms with Crippen molar-refractivity contribution in [1.29, 1.82) is 0 Å². The van der Waals surface area contributed by atoms with Crippen molar-refractivity contribution in [2.45, 2.75) is 89.7 Å². The Bertz CT molecular complexity index is 2650. The van der Waals surface area contributed by atoms with Crippen molar-refractivity contribution in [2.24, 2.45) is 5.92 Å². The first-order valence-corrected chi connectivity index (χ1v) is 34.5. The average Bonchev–Trinajstić information content (AvgIpc) is 3.73. The fraction of sp³-hybridized carbons (Fsp3) is 0.296. The minimum atomic E-state index is -3.90. The Morgan fingerprint density at radius 1 is 0.534 bits per heavy atom. The zero-order valence-electron chi connectivity index (χ0n) is 36.5.